The Morgan fingerprint density at radius 3 is 2.07 bits per heavy atom. The second kappa shape index (κ2) is 13.5. The molecular weight excluding hydrogens is 587 g/mol. The molecule has 0 aliphatic rings. The van der Waals surface area contributed by atoms with Gasteiger partial charge in [-0.25, -0.2) is 4.98 Å². The highest BCUT2D eigenvalue weighted by Crippen LogP contribution is 2.36. The normalized spacial score (nSPS) is 12.6. The molecule has 1 aromatic carbocycles. The molecule has 42 heavy (non-hydrogen) atoms. The van der Waals surface area contributed by atoms with Gasteiger partial charge in [0.1, 0.15) is 11.5 Å². The van der Waals surface area contributed by atoms with E-state index in [-0.39, 0.29) is 18.8 Å². The summed E-state index contributed by atoms with van der Waals surface area (Å²) < 4.78 is 109. The number of carbonyl (C=O) groups is 2. The number of aryl methyl sites for hydroxylation is 1. The predicted molar refractivity (Wildman–Crippen MR) is 133 cm³/mol. The van der Waals surface area contributed by atoms with E-state index in [4.69, 9.17) is 0 Å². The summed E-state index contributed by atoms with van der Waals surface area (Å²) in [6.45, 7) is 2.94. The van der Waals surface area contributed by atoms with E-state index in [2.05, 4.69) is 25.7 Å². The number of nitrogens with zero attached hydrogens (tertiary/aromatic N) is 3. The van der Waals surface area contributed by atoms with E-state index >= 15 is 0 Å². The monoisotopic (exact) mass is 616 g/mol. The van der Waals surface area contributed by atoms with Crippen molar-refractivity contribution in [3.63, 3.8) is 0 Å². The molecule has 0 atom stereocenters. The van der Waals surface area contributed by atoms with Crippen molar-refractivity contribution in [3.8, 4) is 0 Å². The van der Waals surface area contributed by atoms with Crippen molar-refractivity contribution in [1.29, 1.82) is 0 Å². The third kappa shape index (κ3) is 11.6. The molecular formula is C25H29F9N6O2. The number of hydrogen-bond donors (Lipinski definition) is 3. The number of H-pyrrole nitrogens is 1. The van der Waals surface area contributed by atoms with Gasteiger partial charge in [-0.05, 0) is 23.8 Å². The summed E-state index contributed by atoms with van der Waals surface area (Å²) >= 11 is 0. The van der Waals surface area contributed by atoms with Gasteiger partial charge in [0.2, 0.25) is 5.91 Å². The third-order valence-corrected chi connectivity index (χ3v) is 5.54. The van der Waals surface area contributed by atoms with Crippen LogP contribution in [0.3, 0.4) is 0 Å². The predicted octanol–water partition coefficient (Wildman–Crippen LogP) is 6.20. The minimum Gasteiger partial charge on any atom is -0.352 e. The number of carbonyl (C=O) groups excluding carboxylic acids is 2. The van der Waals surface area contributed by atoms with Crippen LogP contribution in [0, 0.1) is 5.41 Å². The van der Waals surface area contributed by atoms with E-state index in [1.807, 2.05) is 0 Å². The minimum atomic E-state index is -4.40. The number of hydrogen-bond acceptors (Lipinski definition) is 4. The summed E-state index contributed by atoms with van der Waals surface area (Å²) in [5.41, 5.74) is 0.158. The van der Waals surface area contributed by atoms with Crippen LogP contribution in [0.5, 0.6) is 0 Å². The van der Waals surface area contributed by atoms with Crippen molar-refractivity contribution < 1.29 is 49.1 Å². The van der Waals surface area contributed by atoms with Gasteiger partial charge in [-0.1, -0.05) is 26.8 Å². The Morgan fingerprint density at radius 1 is 0.881 bits per heavy atom. The molecule has 0 fully saturated rings. The number of rotatable bonds is 9. The first-order valence-electron chi connectivity index (χ1n) is 12.4. The second-order valence-electron chi connectivity index (χ2n) is 10.2. The van der Waals surface area contributed by atoms with E-state index < -0.39 is 61.6 Å². The Balaban J connectivity index is 0.000000675. The quantitative estimate of drug-likeness (QED) is 0.249. The molecule has 8 nitrogen and oxygen atoms in total. The van der Waals surface area contributed by atoms with Crippen molar-refractivity contribution in [3.05, 3.63) is 47.5 Å². The standard InChI is InChI=1S/C20H20F6N6O2.C5H9F3/c21-19(22,23)5-3-17(33)27-10-12-1-2-13-14(9-12)31-16(30-13)11-28-18(34)15-4-7-29-32(15)8-6-20(24,25)26;1-4(2,3)5(6,7)8/h1-2,4,7,9H,3,5-6,8,10-11H2,(H,27,33)(H,28,34)(H,30,31);1-3H3. The summed E-state index contributed by atoms with van der Waals surface area (Å²) in [5.74, 6) is -0.974. The van der Waals surface area contributed by atoms with Crippen LogP contribution >= 0.6 is 0 Å². The summed E-state index contributed by atoms with van der Waals surface area (Å²) in [5, 5.41) is 8.71. The fourth-order valence-corrected chi connectivity index (χ4v) is 3.04. The first kappa shape index (κ1) is 34.4. The lowest BCUT2D eigenvalue weighted by molar-refractivity contribution is -0.204. The molecule has 2 aromatic heterocycles. The average molecular weight is 617 g/mol. The lowest BCUT2D eigenvalue weighted by Crippen LogP contribution is -2.28. The first-order chi connectivity index (χ1) is 19.1. The van der Waals surface area contributed by atoms with Gasteiger partial charge in [0.15, 0.2) is 0 Å². The molecule has 234 valence electrons. The van der Waals surface area contributed by atoms with Crippen LogP contribution in [0.4, 0.5) is 39.5 Å². The Kier molecular flexibility index (Phi) is 11.0. The molecule has 2 amide bonds. The zero-order chi connectivity index (χ0) is 31.9. The van der Waals surface area contributed by atoms with Crippen molar-refractivity contribution in [2.45, 2.75) is 78.2 Å². The number of aromatic nitrogens is 4. The molecule has 0 aliphatic carbocycles. The lowest BCUT2D eigenvalue weighted by atomic mass is 9.96. The topological polar surface area (TPSA) is 105 Å². The molecule has 0 saturated carbocycles. The van der Waals surface area contributed by atoms with E-state index in [0.717, 1.165) is 25.5 Å². The first-order valence-corrected chi connectivity index (χ1v) is 12.4. The number of nitrogens with one attached hydrogen (secondary N) is 3. The molecule has 17 heteroatoms. The number of fused-ring (bicyclic) bond motifs is 1. The van der Waals surface area contributed by atoms with Gasteiger partial charge in [0, 0.05) is 19.2 Å². The molecule has 0 saturated heterocycles. The van der Waals surface area contributed by atoms with E-state index in [1.54, 1.807) is 18.2 Å². The fourth-order valence-electron chi connectivity index (χ4n) is 3.04. The summed E-state index contributed by atoms with van der Waals surface area (Å²) in [4.78, 5) is 31.2. The van der Waals surface area contributed by atoms with Crippen molar-refractivity contribution >= 4 is 22.8 Å². The number of amides is 2. The van der Waals surface area contributed by atoms with Crippen LogP contribution in [0.15, 0.2) is 30.5 Å². The highest BCUT2D eigenvalue weighted by Gasteiger charge is 2.43. The van der Waals surface area contributed by atoms with Crippen molar-refractivity contribution in [2.24, 2.45) is 5.41 Å². The highest BCUT2D eigenvalue weighted by atomic mass is 19.4. The molecule has 0 aliphatic heterocycles. The molecule has 0 unspecified atom stereocenters. The number of aromatic amines is 1. The van der Waals surface area contributed by atoms with Gasteiger partial charge < -0.3 is 15.6 Å². The molecule has 0 radical (unpaired) electrons. The summed E-state index contributed by atoms with van der Waals surface area (Å²) in [6.07, 6.45) is -14.6. The van der Waals surface area contributed by atoms with Crippen LogP contribution in [-0.2, 0) is 24.4 Å². The van der Waals surface area contributed by atoms with Gasteiger partial charge in [-0.3, -0.25) is 14.3 Å². The van der Waals surface area contributed by atoms with E-state index in [1.165, 1.54) is 12.3 Å². The second-order valence-corrected chi connectivity index (χ2v) is 10.2. The molecule has 3 N–H and O–H groups in total. The maximum atomic E-state index is 12.4. The SMILES string of the molecule is CC(C)(C)C(F)(F)F.O=C(CCC(F)(F)F)NCc1ccc2nc(CNC(=O)c3ccnn3CCC(F)(F)F)[nH]c2c1. The zero-order valence-electron chi connectivity index (χ0n) is 22.7. The van der Waals surface area contributed by atoms with Crippen LogP contribution in [0.1, 0.15) is 61.9 Å². The lowest BCUT2D eigenvalue weighted by Gasteiger charge is -2.21. The highest BCUT2D eigenvalue weighted by molar-refractivity contribution is 5.92. The number of imidazole rings is 1. The Hall–Kier alpha value is -3.79. The maximum Gasteiger partial charge on any atom is 0.393 e. The molecule has 0 bridgehead atoms. The van der Waals surface area contributed by atoms with Crippen molar-refractivity contribution in [1.82, 2.24) is 30.4 Å². The van der Waals surface area contributed by atoms with E-state index in [9.17, 15) is 49.1 Å². The van der Waals surface area contributed by atoms with Crippen molar-refractivity contribution in [2.75, 3.05) is 0 Å². The maximum absolute atomic E-state index is 12.4. The Morgan fingerprint density at radius 2 is 1.50 bits per heavy atom. The van der Waals surface area contributed by atoms with Gasteiger partial charge >= 0.3 is 18.5 Å². The van der Waals surface area contributed by atoms with Crippen LogP contribution in [0.2, 0.25) is 0 Å². The molecule has 2 heterocycles. The van der Waals surface area contributed by atoms with E-state index in [0.29, 0.717) is 22.4 Å². The minimum absolute atomic E-state index is 0.0242. The molecule has 0 spiro atoms. The summed E-state index contributed by atoms with van der Waals surface area (Å²) in [6, 6.07) is 6.25. The fraction of sp³-hybridized carbons (Fsp3) is 0.520. The van der Waals surface area contributed by atoms with Gasteiger partial charge in [-0.15, -0.1) is 0 Å². The van der Waals surface area contributed by atoms with Crippen LogP contribution < -0.4 is 10.6 Å². The van der Waals surface area contributed by atoms with Crippen LogP contribution in [0.25, 0.3) is 11.0 Å². The Bertz CT molecular complexity index is 1320. The largest absolute Gasteiger partial charge is 0.393 e. The zero-order valence-corrected chi connectivity index (χ0v) is 22.7. The Labute approximate surface area is 234 Å². The average Bonchev–Trinajstić information content (AvgIpc) is 3.48. The molecule has 3 aromatic rings. The van der Waals surface area contributed by atoms with Gasteiger partial charge in [0.05, 0.1) is 42.4 Å². The smallest absolute Gasteiger partial charge is 0.352 e. The van der Waals surface area contributed by atoms with Gasteiger partial charge in [0.25, 0.3) is 5.91 Å². The third-order valence-electron chi connectivity index (χ3n) is 5.54. The summed E-state index contributed by atoms with van der Waals surface area (Å²) in [7, 11) is 0. The van der Waals surface area contributed by atoms with Gasteiger partial charge in [-0.2, -0.15) is 44.6 Å². The number of halogens is 9. The van der Waals surface area contributed by atoms with Crippen LogP contribution in [-0.4, -0.2) is 50.1 Å². The molecule has 3 rings (SSSR count). The number of alkyl halides is 9. The number of benzene rings is 1.